The molecule has 1 fully saturated rings. The Labute approximate surface area is 104 Å². The average molecular weight is 243 g/mol. The van der Waals surface area contributed by atoms with Crippen molar-refractivity contribution in [3.8, 4) is 0 Å². The molecule has 4 heteroatoms. The average Bonchev–Trinajstić information content (AvgIpc) is 2.27. The lowest BCUT2D eigenvalue weighted by atomic mass is 9.92. The fourth-order valence-electron chi connectivity index (χ4n) is 2.06. The first kappa shape index (κ1) is 14.5. The van der Waals surface area contributed by atoms with E-state index in [2.05, 4.69) is 19.2 Å². The first-order valence-electron chi connectivity index (χ1n) is 6.31. The Morgan fingerprint density at radius 2 is 2.18 bits per heavy atom. The normalized spacial score (nSPS) is 25.6. The Kier molecular flexibility index (Phi) is 4.95. The van der Waals surface area contributed by atoms with Crippen molar-refractivity contribution >= 4 is 5.91 Å². The Morgan fingerprint density at radius 3 is 2.71 bits per heavy atom. The number of hydrogen-bond acceptors (Lipinski definition) is 3. The lowest BCUT2D eigenvalue weighted by molar-refractivity contribution is -0.151. The molecule has 1 N–H and O–H groups in total. The van der Waals surface area contributed by atoms with Crippen LogP contribution in [-0.2, 0) is 14.3 Å². The fraction of sp³-hybridized carbons (Fsp3) is 0.923. The monoisotopic (exact) mass is 243 g/mol. The minimum absolute atomic E-state index is 0.00128. The second-order valence-corrected chi connectivity index (χ2v) is 5.82. The lowest BCUT2D eigenvalue weighted by Gasteiger charge is -2.34. The summed E-state index contributed by atoms with van der Waals surface area (Å²) < 4.78 is 10.7. The van der Waals surface area contributed by atoms with Gasteiger partial charge in [-0.05, 0) is 26.2 Å². The van der Waals surface area contributed by atoms with Crippen LogP contribution < -0.4 is 5.32 Å². The first-order valence-corrected chi connectivity index (χ1v) is 6.31. The molecular formula is C13H25NO3. The van der Waals surface area contributed by atoms with E-state index < -0.39 is 5.60 Å². The van der Waals surface area contributed by atoms with Crippen LogP contribution in [0.3, 0.4) is 0 Å². The SMILES string of the molecule is COCC(C)(C)CNC(=O)[C@]1(C)CCCCO1. The van der Waals surface area contributed by atoms with Gasteiger partial charge in [-0.25, -0.2) is 0 Å². The largest absolute Gasteiger partial charge is 0.384 e. The van der Waals surface area contributed by atoms with Gasteiger partial charge >= 0.3 is 0 Å². The van der Waals surface area contributed by atoms with Crippen molar-refractivity contribution in [3.63, 3.8) is 0 Å². The van der Waals surface area contributed by atoms with Gasteiger partial charge in [-0.1, -0.05) is 13.8 Å². The van der Waals surface area contributed by atoms with E-state index >= 15 is 0 Å². The molecule has 0 saturated carbocycles. The van der Waals surface area contributed by atoms with Crippen molar-refractivity contribution < 1.29 is 14.3 Å². The third kappa shape index (κ3) is 4.28. The molecule has 1 aliphatic rings. The predicted molar refractivity (Wildman–Crippen MR) is 66.9 cm³/mol. The Morgan fingerprint density at radius 1 is 1.47 bits per heavy atom. The standard InChI is InChI=1S/C13H25NO3/c1-12(2,10-16-4)9-14-11(15)13(3)7-5-6-8-17-13/h5-10H2,1-4H3,(H,14,15)/t13-/m0/s1. The van der Waals surface area contributed by atoms with E-state index in [1.165, 1.54) is 0 Å². The number of carbonyl (C=O) groups excluding carboxylic acids is 1. The zero-order valence-electron chi connectivity index (χ0n) is 11.5. The second-order valence-electron chi connectivity index (χ2n) is 5.82. The van der Waals surface area contributed by atoms with E-state index in [9.17, 15) is 4.79 Å². The molecule has 100 valence electrons. The molecule has 1 amide bonds. The number of ether oxygens (including phenoxy) is 2. The molecule has 1 atom stereocenters. The Balaban J connectivity index is 2.43. The van der Waals surface area contributed by atoms with E-state index in [1.54, 1.807) is 7.11 Å². The highest BCUT2D eigenvalue weighted by Crippen LogP contribution is 2.25. The smallest absolute Gasteiger partial charge is 0.251 e. The van der Waals surface area contributed by atoms with E-state index in [0.717, 1.165) is 19.3 Å². The summed E-state index contributed by atoms with van der Waals surface area (Å²) >= 11 is 0. The molecule has 0 aromatic carbocycles. The number of nitrogens with one attached hydrogen (secondary N) is 1. The molecular weight excluding hydrogens is 218 g/mol. The summed E-state index contributed by atoms with van der Waals surface area (Å²) in [5, 5.41) is 2.97. The molecule has 0 aromatic heterocycles. The van der Waals surface area contributed by atoms with Gasteiger partial charge in [-0.15, -0.1) is 0 Å². The van der Waals surface area contributed by atoms with Crippen LogP contribution in [0.15, 0.2) is 0 Å². The number of methoxy groups -OCH3 is 1. The van der Waals surface area contributed by atoms with Gasteiger partial charge < -0.3 is 14.8 Å². The molecule has 0 aliphatic carbocycles. The van der Waals surface area contributed by atoms with Crippen molar-refractivity contribution in [2.24, 2.45) is 5.41 Å². The molecule has 1 heterocycles. The molecule has 0 aromatic rings. The first-order chi connectivity index (χ1) is 7.90. The van der Waals surface area contributed by atoms with Crippen LogP contribution in [0.2, 0.25) is 0 Å². The number of hydrogen-bond donors (Lipinski definition) is 1. The van der Waals surface area contributed by atoms with Crippen LogP contribution in [0.25, 0.3) is 0 Å². The van der Waals surface area contributed by atoms with Crippen molar-refractivity contribution in [1.29, 1.82) is 0 Å². The third-order valence-electron chi connectivity index (χ3n) is 3.21. The molecule has 4 nitrogen and oxygen atoms in total. The highest BCUT2D eigenvalue weighted by Gasteiger charge is 2.36. The van der Waals surface area contributed by atoms with Crippen molar-refractivity contribution in [2.45, 2.75) is 45.6 Å². The lowest BCUT2D eigenvalue weighted by Crippen LogP contribution is -2.50. The highest BCUT2D eigenvalue weighted by molar-refractivity contribution is 5.84. The Bertz CT molecular complexity index is 257. The molecule has 0 unspecified atom stereocenters. The van der Waals surface area contributed by atoms with Gasteiger partial charge in [0.25, 0.3) is 5.91 Å². The van der Waals surface area contributed by atoms with Gasteiger partial charge in [0, 0.05) is 25.7 Å². The number of amides is 1. The molecule has 0 spiro atoms. The maximum Gasteiger partial charge on any atom is 0.251 e. The van der Waals surface area contributed by atoms with Crippen LogP contribution in [0.1, 0.15) is 40.0 Å². The molecule has 1 saturated heterocycles. The third-order valence-corrected chi connectivity index (χ3v) is 3.21. The summed E-state index contributed by atoms with van der Waals surface area (Å²) in [6.07, 6.45) is 2.92. The molecule has 0 bridgehead atoms. The summed E-state index contributed by atoms with van der Waals surface area (Å²) in [6, 6.07) is 0. The summed E-state index contributed by atoms with van der Waals surface area (Å²) in [4.78, 5) is 12.1. The topological polar surface area (TPSA) is 47.6 Å². The zero-order chi connectivity index (χ0) is 12.9. The van der Waals surface area contributed by atoms with Crippen LogP contribution in [-0.4, -0.2) is 38.4 Å². The van der Waals surface area contributed by atoms with Gasteiger partial charge in [0.15, 0.2) is 0 Å². The Hall–Kier alpha value is -0.610. The number of carbonyl (C=O) groups is 1. The predicted octanol–water partition coefficient (Wildman–Crippen LogP) is 1.73. The van der Waals surface area contributed by atoms with Gasteiger partial charge in [0.2, 0.25) is 0 Å². The van der Waals surface area contributed by atoms with E-state index in [0.29, 0.717) is 19.8 Å². The summed E-state index contributed by atoms with van der Waals surface area (Å²) in [5.74, 6) is 0.00128. The van der Waals surface area contributed by atoms with Crippen molar-refractivity contribution in [2.75, 3.05) is 26.9 Å². The minimum Gasteiger partial charge on any atom is -0.384 e. The highest BCUT2D eigenvalue weighted by atomic mass is 16.5. The van der Waals surface area contributed by atoms with Crippen LogP contribution in [0.5, 0.6) is 0 Å². The maximum absolute atomic E-state index is 12.1. The minimum atomic E-state index is -0.637. The maximum atomic E-state index is 12.1. The fourth-order valence-corrected chi connectivity index (χ4v) is 2.06. The summed E-state index contributed by atoms with van der Waals surface area (Å²) in [7, 11) is 1.68. The molecule has 0 radical (unpaired) electrons. The van der Waals surface area contributed by atoms with Crippen molar-refractivity contribution in [3.05, 3.63) is 0 Å². The zero-order valence-corrected chi connectivity index (χ0v) is 11.5. The van der Waals surface area contributed by atoms with Gasteiger partial charge in [-0.3, -0.25) is 4.79 Å². The molecule has 1 aliphatic heterocycles. The van der Waals surface area contributed by atoms with E-state index in [4.69, 9.17) is 9.47 Å². The van der Waals surface area contributed by atoms with Gasteiger partial charge in [0.05, 0.1) is 6.61 Å². The molecule has 1 rings (SSSR count). The summed E-state index contributed by atoms with van der Waals surface area (Å²) in [6.45, 7) is 7.95. The summed E-state index contributed by atoms with van der Waals surface area (Å²) in [5.41, 5.74) is -0.684. The second kappa shape index (κ2) is 5.83. The van der Waals surface area contributed by atoms with E-state index in [1.807, 2.05) is 6.92 Å². The van der Waals surface area contributed by atoms with Crippen LogP contribution in [0.4, 0.5) is 0 Å². The quantitative estimate of drug-likeness (QED) is 0.800. The van der Waals surface area contributed by atoms with E-state index in [-0.39, 0.29) is 11.3 Å². The van der Waals surface area contributed by atoms with Crippen LogP contribution in [0, 0.1) is 5.41 Å². The van der Waals surface area contributed by atoms with Gasteiger partial charge in [-0.2, -0.15) is 0 Å². The van der Waals surface area contributed by atoms with Crippen LogP contribution >= 0.6 is 0 Å². The molecule has 17 heavy (non-hydrogen) atoms. The van der Waals surface area contributed by atoms with Gasteiger partial charge in [0.1, 0.15) is 5.60 Å². The van der Waals surface area contributed by atoms with Crippen molar-refractivity contribution in [1.82, 2.24) is 5.32 Å². The number of rotatable bonds is 5.